The lowest BCUT2D eigenvalue weighted by molar-refractivity contribution is -0.147. The topological polar surface area (TPSA) is 55.4 Å². The predicted molar refractivity (Wildman–Crippen MR) is 106 cm³/mol. The summed E-state index contributed by atoms with van der Waals surface area (Å²) < 4.78 is 5.39. The van der Waals surface area contributed by atoms with Gasteiger partial charge in [-0.05, 0) is 49.4 Å². The maximum atomic E-state index is 12.4. The SMILES string of the molecule is Cc1ccc(CCC(=O)NCCOC(=O)C2(c3ccc(Cl)cc3)CC2)cc1. The third-order valence-corrected chi connectivity index (χ3v) is 5.21. The van der Waals surface area contributed by atoms with Crippen LogP contribution in [0.25, 0.3) is 0 Å². The number of esters is 1. The Morgan fingerprint density at radius 2 is 1.74 bits per heavy atom. The third kappa shape index (κ3) is 5.10. The van der Waals surface area contributed by atoms with Crippen LogP contribution in [0.5, 0.6) is 0 Å². The fraction of sp³-hybridized carbons (Fsp3) is 0.364. The maximum Gasteiger partial charge on any atom is 0.316 e. The first-order chi connectivity index (χ1) is 13.0. The number of halogens is 1. The molecular formula is C22H24ClNO3. The highest BCUT2D eigenvalue weighted by Crippen LogP contribution is 2.49. The molecule has 0 spiro atoms. The number of benzene rings is 2. The third-order valence-electron chi connectivity index (χ3n) is 4.96. The van der Waals surface area contributed by atoms with Crippen molar-refractivity contribution in [1.29, 1.82) is 0 Å². The first-order valence-corrected chi connectivity index (χ1v) is 9.63. The summed E-state index contributed by atoms with van der Waals surface area (Å²) in [5.41, 5.74) is 2.76. The van der Waals surface area contributed by atoms with Crippen LogP contribution in [0.15, 0.2) is 48.5 Å². The molecule has 0 radical (unpaired) electrons. The van der Waals surface area contributed by atoms with Crippen LogP contribution in [-0.2, 0) is 26.2 Å². The van der Waals surface area contributed by atoms with Crippen LogP contribution in [0.2, 0.25) is 5.02 Å². The summed E-state index contributed by atoms with van der Waals surface area (Å²) in [5, 5.41) is 3.45. The fourth-order valence-electron chi connectivity index (χ4n) is 3.08. The van der Waals surface area contributed by atoms with E-state index in [0.29, 0.717) is 24.4 Å². The van der Waals surface area contributed by atoms with E-state index in [2.05, 4.69) is 5.32 Å². The van der Waals surface area contributed by atoms with Crippen molar-refractivity contribution in [1.82, 2.24) is 5.32 Å². The molecule has 1 aliphatic rings. The lowest BCUT2D eigenvalue weighted by Gasteiger charge is -2.15. The van der Waals surface area contributed by atoms with Gasteiger partial charge in [-0.2, -0.15) is 0 Å². The highest BCUT2D eigenvalue weighted by molar-refractivity contribution is 6.30. The lowest BCUT2D eigenvalue weighted by Crippen LogP contribution is -2.30. The quantitative estimate of drug-likeness (QED) is 0.552. The Morgan fingerprint density at radius 1 is 1.07 bits per heavy atom. The maximum absolute atomic E-state index is 12.4. The first kappa shape index (κ1) is 19.4. The molecule has 3 rings (SSSR count). The minimum absolute atomic E-state index is 0.0366. The Balaban J connectivity index is 1.37. The molecule has 1 amide bonds. The van der Waals surface area contributed by atoms with Gasteiger partial charge in [-0.25, -0.2) is 0 Å². The van der Waals surface area contributed by atoms with Gasteiger partial charge in [0, 0.05) is 11.4 Å². The molecular weight excluding hydrogens is 362 g/mol. The van der Waals surface area contributed by atoms with Crippen molar-refractivity contribution in [2.24, 2.45) is 0 Å². The zero-order chi connectivity index (χ0) is 19.3. The average molecular weight is 386 g/mol. The number of ether oxygens (including phenoxy) is 1. The van der Waals surface area contributed by atoms with Crippen LogP contribution in [0.1, 0.15) is 36.0 Å². The highest BCUT2D eigenvalue weighted by Gasteiger charge is 2.52. The highest BCUT2D eigenvalue weighted by atomic mass is 35.5. The van der Waals surface area contributed by atoms with Gasteiger partial charge in [0.05, 0.1) is 12.0 Å². The zero-order valence-electron chi connectivity index (χ0n) is 15.5. The molecule has 1 aliphatic carbocycles. The molecule has 27 heavy (non-hydrogen) atoms. The van der Waals surface area contributed by atoms with Gasteiger partial charge in [0.2, 0.25) is 5.91 Å². The monoisotopic (exact) mass is 385 g/mol. The Labute approximate surface area is 164 Å². The number of rotatable bonds is 8. The Kier molecular flexibility index (Phi) is 6.17. The van der Waals surface area contributed by atoms with Crippen molar-refractivity contribution in [3.63, 3.8) is 0 Å². The van der Waals surface area contributed by atoms with Gasteiger partial charge in [0.15, 0.2) is 0 Å². The van der Waals surface area contributed by atoms with E-state index >= 15 is 0 Å². The Bertz CT molecular complexity index is 795. The molecule has 0 heterocycles. The number of hydrogen-bond acceptors (Lipinski definition) is 3. The molecule has 1 fully saturated rings. The van der Waals surface area contributed by atoms with E-state index in [4.69, 9.17) is 16.3 Å². The van der Waals surface area contributed by atoms with E-state index in [1.54, 1.807) is 12.1 Å². The largest absolute Gasteiger partial charge is 0.463 e. The molecule has 1 saturated carbocycles. The predicted octanol–water partition coefficient (Wildman–Crippen LogP) is 3.97. The molecule has 1 N–H and O–H groups in total. The Hall–Kier alpha value is -2.33. The van der Waals surface area contributed by atoms with Crippen molar-refractivity contribution in [2.75, 3.05) is 13.2 Å². The van der Waals surface area contributed by atoms with Gasteiger partial charge in [0.25, 0.3) is 0 Å². The molecule has 2 aromatic rings. The molecule has 142 valence electrons. The molecule has 5 heteroatoms. The number of carbonyl (C=O) groups is 2. The van der Waals surface area contributed by atoms with Crippen molar-refractivity contribution in [3.8, 4) is 0 Å². The van der Waals surface area contributed by atoms with E-state index < -0.39 is 5.41 Å². The van der Waals surface area contributed by atoms with E-state index in [1.165, 1.54) is 5.56 Å². The lowest BCUT2D eigenvalue weighted by atomic mass is 9.96. The minimum Gasteiger partial charge on any atom is -0.463 e. The fourth-order valence-corrected chi connectivity index (χ4v) is 3.20. The van der Waals surface area contributed by atoms with Crippen molar-refractivity contribution >= 4 is 23.5 Å². The van der Waals surface area contributed by atoms with Crippen LogP contribution in [0, 0.1) is 6.92 Å². The summed E-state index contributed by atoms with van der Waals surface area (Å²) in [6, 6.07) is 15.5. The van der Waals surface area contributed by atoms with Gasteiger partial charge in [0.1, 0.15) is 6.61 Å². The number of hydrogen-bond donors (Lipinski definition) is 1. The van der Waals surface area contributed by atoms with Crippen molar-refractivity contribution in [3.05, 3.63) is 70.2 Å². The summed E-state index contributed by atoms with van der Waals surface area (Å²) in [5.74, 6) is -0.260. The second-order valence-corrected chi connectivity index (χ2v) is 7.50. The van der Waals surface area contributed by atoms with Gasteiger partial charge in [-0.3, -0.25) is 9.59 Å². The standard InChI is InChI=1S/C22H24ClNO3/c1-16-2-4-17(5-3-16)6-11-20(25)24-14-15-27-21(26)22(12-13-22)18-7-9-19(23)10-8-18/h2-5,7-10H,6,11-15H2,1H3,(H,24,25). The summed E-state index contributed by atoms with van der Waals surface area (Å²) >= 11 is 5.91. The second-order valence-electron chi connectivity index (χ2n) is 7.06. The number of nitrogens with one attached hydrogen (secondary N) is 1. The van der Waals surface area contributed by atoms with Gasteiger partial charge >= 0.3 is 5.97 Å². The van der Waals surface area contributed by atoms with Crippen LogP contribution >= 0.6 is 11.6 Å². The number of aryl methyl sites for hydroxylation is 2. The van der Waals surface area contributed by atoms with E-state index in [-0.39, 0.29) is 18.5 Å². The molecule has 2 aromatic carbocycles. The smallest absolute Gasteiger partial charge is 0.316 e. The van der Waals surface area contributed by atoms with Crippen LogP contribution in [0.3, 0.4) is 0 Å². The normalized spacial score (nSPS) is 14.4. The molecule has 0 atom stereocenters. The van der Waals surface area contributed by atoms with E-state index in [9.17, 15) is 9.59 Å². The molecule has 0 aliphatic heterocycles. The van der Waals surface area contributed by atoms with Crippen LogP contribution in [-0.4, -0.2) is 25.0 Å². The first-order valence-electron chi connectivity index (χ1n) is 9.25. The Morgan fingerprint density at radius 3 is 2.37 bits per heavy atom. The van der Waals surface area contributed by atoms with Gasteiger partial charge in [-0.1, -0.05) is 53.6 Å². The molecule has 0 unspecified atom stereocenters. The molecule has 4 nitrogen and oxygen atoms in total. The van der Waals surface area contributed by atoms with Crippen LogP contribution in [0.4, 0.5) is 0 Å². The minimum atomic E-state index is -0.528. The molecule has 0 saturated heterocycles. The van der Waals surface area contributed by atoms with Crippen molar-refractivity contribution < 1.29 is 14.3 Å². The summed E-state index contributed by atoms with van der Waals surface area (Å²) in [4.78, 5) is 24.4. The van der Waals surface area contributed by atoms with E-state index in [1.807, 2.05) is 43.3 Å². The van der Waals surface area contributed by atoms with Crippen LogP contribution < -0.4 is 5.32 Å². The number of amides is 1. The summed E-state index contributed by atoms with van der Waals surface area (Å²) in [7, 11) is 0. The summed E-state index contributed by atoms with van der Waals surface area (Å²) in [6.45, 7) is 2.55. The average Bonchev–Trinajstić information content (AvgIpc) is 3.47. The van der Waals surface area contributed by atoms with E-state index in [0.717, 1.165) is 24.0 Å². The second kappa shape index (κ2) is 8.57. The molecule has 0 aromatic heterocycles. The zero-order valence-corrected chi connectivity index (χ0v) is 16.2. The van der Waals surface area contributed by atoms with Gasteiger partial charge in [-0.15, -0.1) is 0 Å². The molecule has 0 bridgehead atoms. The van der Waals surface area contributed by atoms with Gasteiger partial charge < -0.3 is 10.1 Å². The number of carbonyl (C=O) groups excluding carboxylic acids is 2. The summed E-state index contributed by atoms with van der Waals surface area (Å²) in [6.07, 6.45) is 2.70. The van der Waals surface area contributed by atoms with Crippen molar-refractivity contribution in [2.45, 2.75) is 38.0 Å².